The minimum Gasteiger partial charge on any atom is -0.271 e. The van der Waals surface area contributed by atoms with Crippen LogP contribution in [0.1, 0.15) is 24.4 Å². The Labute approximate surface area is 76.9 Å². The number of halogens is 1. The zero-order chi connectivity index (χ0) is 9.26. The largest absolute Gasteiger partial charge is 0.271 e. The number of hydrogen-bond acceptors (Lipinski definition) is 2. The third kappa shape index (κ3) is 1.87. The lowest BCUT2D eigenvalue weighted by Gasteiger charge is -2.14. The van der Waals surface area contributed by atoms with Crippen molar-refractivity contribution >= 4 is 0 Å². The second-order valence-electron chi connectivity index (χ2n) is 3.53. The van der Waals surface area contributed by atoms with E-state index in [9.17, 15) is 4.39 Å². The van der Waals surface area contributed by atoms with Crippen LogP contribution in [-0.4, -0.2) is 0 Å². The summed E-state index contributed by atoms with van der Waals surface area (Å²) < 4.78 is 12.6. The molecule has 0 radical (unpaired) electrons. The standard InChI is InChI=1S/C10H13FN2/c11-9-5-3-8(4-6-9)10(13-12)7-1-2-7/h3-7,10,13H,1-2,12H2/t10-/m0/s1. The molecule has 1 aromatic rings. The van der Waals surface area contributed by atoms with Gasteiger partial charge in [0.15, 0.2) is 0 Å². The van der Waals surface area contributed by atoms with Crippen molar-refractivity contribution in [3.8, 4) is 0 Å². The molecule has 2 nitrogen and oxygen atoms in total. The fourth-order valence-corrected chi connectivity index (χ4v) is 1.60. The molecule has 0 amide bonds. The summed E-state index contributed by atoms with van der Waals surface area (Å²) in [6.45, 7) is 0. The molecule has 0 aromatic heterocycles. The highest BCUT2D eigenvalue weighted by atomic mass is 19.1. The Balaban J connectivity index is 2.17. The van der Waals surface area contributed by atoms with Gasteiger partial charge in [0, 0.05) is 6.04 Å². The van der Waals surface area contributed by atoms with Crippen molar-refractivity contribution in [3.05, 3.63) is 35.6 Å². The maximum Gasteiger partial charge on any atom is 0.123 e. The maximum atomic E-state index is 12.6. The second-order valence-corrected chi connectivity index (χ2v) is 3.53. The van der Waals surface area contributed by atoms with E-state index in [-0.39, 0.29) is 11.9 Å². The summed E-state index contributed by atoms with van der Waals surface area (Å²) in [6.07, 6.45) is 2.43. The van der Waals surface area contributed by atoms with E-state index in [1.54, 1.807) is 12.1 Å². The molecule has 0 bridgehead atoms. The minimum absolute atomic E-state index is 0.195. The first kappa shape index (κ1) is 8.66. The van der Waals surface area contributed by atoms with Crippen molar-refractivity contribution in [2.45, 2.75) is 18.9 Å². The predicted octanol–water partition coefficient (Wildman–Crippen LogP) is 1.74. The Morgan fingerprint density at radius 1 is 1.31 bits per heavy atom. The van der Waals surface area contributed by atoms with Gasteiger partial charge in [0.25, 0.3) is 0 Å². The summed E-state index contributed by atoms with van der Waals surface area (Å²) in [5.41, 5.74) is 3.85. The van der Waals surface area contributed by atoms with Crippen LogP contribution in [0.5, 0.6) is 0 Å². The molecule has 1 aromatic carbocycles. The number of rotatable bonds is 3. The Morgan fingerprint density at radius 3 is 2.38 bits per heavy atom. The zero-order valence-electron chi connectivity index (χ0n) is 7.33. The van der Waals surface area contributed by atoms with Gasteiger partial charge in [0.2, 0.25) is 0 Å². The van der Waals surface area contributed by atoms with Crippen molar-refractivity contribution in [2.24, 2.45) is 11.8 Å². The zero-order valence-corrected chi connectivity index (χ0v) is 7.33. The van der Waals surface area contributed by atoms with E-state index < -0.39 is 0 Å². The Hall–Kier alpha value is -0.930. The van der Waals surface area contributed by atoms with E-state index in [1.165, 1.54) is 25.0 Å². The Morgan fingerprint density at radius 2 is 1.92 bits per heavy atom. The Kier molecular flexibility index (Phi) is 2.29. The number of hydrogen-bond donors (Lipinski definition) is 2. The van der Waals surface area contributed by atoms with Crippen LogP contribution in [0.25, 0.3) is 0 Å². The van der Waals surface area contributed by atoms with Crippen molar-refractivity contribution < 1.29 is 4.39 Å². The van der Waals surface area contributed by atoms with Gasteiger partial charge in [-0.05, 0) is 36.5 Å². The molecule has 13 heavy (non-hydrogen) atoms. The lowest BCUT2D eigenvalue weighted by atomic mass is 10.0. The molecule has 3 heteroatoms. The van der Waals surface area contributed by atoms with Crippen LogP contribution in [0.3, 0.4) is 0 Å². The summed E-state index contributed by atoms with van der Waals surface area (Å²) in [5, 5.41) is 0. The number of nitrogens with two attached hydrogens (primary N) is 1. The first-order chi connectivity index (χ1) is 6.31. The van der Waals surface area contributed by atoms with E-state index in [2.05, 4.69) is 5.43 Å². The average Bonchev–Trinajstić information content (AvgIpc) is 2.93. The molecule has 0 saturated heterocycles. The van der Waals surface area contributed by atoms with Crippen molar-refractivity contribution in [3.63, 3.8) is 0 Å². The molecular weight excluding hydrogens is 167 g/mol. The predicted molar refractivity (Wildman–Crippen MR) is 49.2 cm³/mol. The molecule has 1 aliphatic rings. The van der Waals surface area contributed by atoms with Gasteiger partial charge in [-0.2, -0.15) is 0 Å². The summed E-state index contributed by atoms with van der Waals surface area (Å²) >= 11 is 0. The second kappa shape index (κ2) is 3.44. The van der Waals surface area contributed by atoms with Crippen LogP contribution in [0.4, 0.5) is 4.39 Å². The third-order valence-electron chi connectivity index (χ3n) is 2.50. The highest BCUT2D eigenvalue weighted by Crippen LogP contribution is 2.40. The van der Waals surface area contributed by atoms with Crippen LogP contribution >= 0.6 is 0 Å². The molecule has 0 heterocycles. The average molecular weight is 180 g/mol. The molecule has 3 N–H and O–H groups in total. The van der Waals surface area contributed by atoms with Gasteiger partial charge < -0.3 is 0 Å². The third-order valence-corrected chi connectivity index (χ3v) is 2.50. The van der Waals surface area contributed by atoms with Crippen molar-refractivity contribution in [1.82, 2.24) is 5.43 Å². The topological polar surface area (TPSA) is 38.0 Å². The van der Waals surface area contributed by atoms with E-state index in [0.29, 0.717) is 5.92 Å². The normalized spacial score (nSPS) is 18.6. The van der Waals surface area contributed by atoms with Crippen LogP contribution in [0.15, 0.2) is 24.3 Å². The van der Waals surface area contributed by atoms with Crippen molar-refractivity contribution in [1.29, 1.82) is 0 Å². The number of benzene rings is 1. The van der Waals surface area contributed by atoms with Crippen molar-refractivity contribution in [2.75, 3.05) is 0 Å². The van der Waals surface area contributed by atoms with Gasteiger partial charge in [-0.15, -0.1) is 0 Å². The van der Waals surface area contributed by atoms with Crippen LogP contribution in [-0.2, 0) is 0 Å². The number of nitrogens with one attached hydrogen (secondary N) is 1. The molecule has 70 valence electrons. The summed E-state index contributed by atoms with van der Waals surface area (Å²) in [7, 11) is 0. The summed E-state index contributed by atoms with van der Waals surface area (Å²) in [6, 6.07) is 6.72. The first-order valence-electron chi connectivity index (χ1n) is 4.53. The molecule has 0 unspecified atom stereocenters. The lowest BCUT2D eigenvalue weighted by Crippen LogP contribution is -2.29. The lowest BCUT2D eigenvalue weighted by molar-refractivity contribution is 0.495. The molecule has 1 fully saturated rings. The Bertz CT molecular complexity index is 279. The van der Waals surface area contributed by atoms with Gasteiger partial charge in [-0.1, -0.05) is 12.1 Å². The van der Waals surface area contributed by atoms with E-state index in [4.69, 9.17) is 5.84 Å². The maximum absolute atomic E-state index is 12.6. The highest BCUT2D eigenvalue weighted by Gasteiger charge is 2.31. The molecule has 0 aliphatic heterocycles. The van der Waals surface area contributed by atoms with E-state index in [1.807, 2.05) is 0 Å². The van der Waals surface area contributed by atoms with Crippen LogP contribution < -0.4 is 11.3 Å². The van der Waals surface area contributed by atoms with E-state index in [0.717, 1.165) is 5.56 Å². The van der Waals surface area contributed by atoms with Gasteiger partial charge in [0.05, 0.1) is 0 Å². The molecule has 2 rings (SSSR count). The molecular formula is C10H13FN2. The van der Waals surface area contributed by atoms with E-state index >= 15 is 0 Å². The summed E-state index contributed by atoms with van der Waals surface area (Å²) in [5.74, 6) is 5.88. The quantitative estimate of drug-likeness (QED) is 0.549. The molecule has 0 spiro atoms. The smallest absolute Gasteiger partial charge is 0.123 e. The van der Waals surface area contributed by atoms with Gasteiger partial charge in [-0.3, -0.25) is 11.3 Å². The fourth-order valence-electron chi connectivity index (χ4n) is 1.60. The molecule has 1 saturated carbocycles. The van der Waals surface area contributed by atoms with Gasteiger partial charge >= 0.3 is 0 Å². The monoisotopic (exact) mass is 180 g/mol. The van der Waals surface area contributed by atoms with Gasteiger partial charge in [-0.25, -0.2) is 4.39 Å². The molecule has 1 atom stereocenters. The first-order valence-corrected chi connectivity index (χ1v) is 4.53. The minimum atomic E-state index is -0.199. The highest BCUT2D eigenvalue weighted by molar-refractivity contribution is 5.21. The number of hydrazine groups is 1. The van der Waals surface area contributed by atoms with Crippen LogP contribution in [0, 0.1) is 11.7 Å². The van der Waals surface area contributed by atoms with Crippen LogP contribution in [0.2, 0.25) is 0 Å². The fraction of sp³-hybridized carbons (Fsp3) is 0.400. The van der Waals surface area contributed by atoms with Gasteiger partial charge in [0.1, 0.15) is 5.82 Å². The molecule has 1 aliphatic carbocycles. The summed E-state index contributed by atoms with van der Waals surface area (Å²) in [4.78, 5) is 0. The SMILES string of the molecule is NN[C@H](c1ccc(F)cc1)C1CC1.